The second-order valence-electron chi connectivity index (χ2n) is 20.9. The Morgan fingerprint density at radius 2 is 0.797 bits per heavy atom. The maximum atomic E-state index is 13.1. The monoisotopic (exact) mass is 1110 g/mol. The van der Waals surface area contributed by atoms with Gasteiger partial charge >= 0.3 is 23.9 Å². The average Bonchev–Trinajstić information content (AvgIpc) is 3.47. The third-order valence-corrected chi connectivity index (χ3v) is 13.7. The van der Waals surface area contributed by atoms with Crippen molar-refractivity contribution in [3.05, 3.63) is 97.2 Å². The summed E-state index contributed by atoms with van der Waals surface area (Å²) in [6.07, 6.45) is 59.5. The molecule has 1 fully saturated rings. The van der Waals surface area contributed by atoms with Crippen LogP contribution in [0.15, 0.2) is 97.2 Å². The highest BCUT2D eigenvalue weighted by atomic mass is 16.7. The Labute approximate surface area is 479 Å². The van der Waals surface area contributed by atoms with Crippen molar-refractivity contribution < 1.29 is 58.2 Å². The molecule has 1 rings (SSSR count). The number of allylic oxidation sites excluding steroid dienone is 16. The number of hydrogen-bond donors (Lipinski definition) is 3. The fraction of sp³-hybridized carbons (Fsp3) is 0.701. The van der Waals surface area contributed by atoms with Gasteiger partial charge in [0.05, 0.1) is 6.61 Å². The van der Waals surface area contributed by atoms with Gasteiger partial charge in [-0.2, -0.15) is 0 Å². The lowest BCUT2D eigenvalue weighted by Gasteiger charge is -2.40. The number of carbonyl (C=O) groups excluding carboxylic acids is 3. The maximum absolute atomic E-state index is 13.1. The number of aliphatic hydroxyl groups is 2. The van der Waals surface area contributed by atoms with Crippen LogP contribution in [0, 0.1) is 0 Å². The molecule has 1 aliphatic rings. The van der Waals surface area contributed by atoms with Crippen molar-refractivity contribution in [3.63, 3.8) is 0 Å². The van der Waals surface area contributed by atoms with Gasteiger partial charge in [0.1, 0.15) is 18.8 Å². The molecule has 450 valence electrons. The quantitative estimate of drug-likeness (QED) is 0.0228. The molecule has 1 aliphatic heterocycles. The number of aliphatic hydroxyl groups excluding tert-OH is 2. The first-order chi connectivity index (χ1) is 38.6. The highest BCUT2D eigenvalue weighted by Crippen LogP contribution is 2.26. The van der Waals surface area contributed by atoms with Gasteiger partial charge in [0.15, 0.2) is 24.6 Å². The molecule has 0 aromatic rings. The number of ether oxygens (including phenoxy) is 5. The van der Waals surface area contributed by atoms with Crippen LogP contribution in [0.5, 0.6) is 0 Å². The van der Waals surface area contributed by atoms with Crippen LogP contribution >= 0.6 is 0 Å². The smallest absolute Gasteiger partial charge is 0.335 e. The predicted molar refractivity (Wildman–Crippen MR) is 321 cm³/mol. The topological polar surface area (TPSA) is 175 Å². The molecule has 79 heavy (non-hydrogen) atoms. The van der Waals surface area contributed by atoms with E-state index >= 15 is 0 Å². The lowest BCUT2D eigenvalue weighted by Crippen LogP contribution is -2.61. The third kappa shape index (κ3) is 44.0. The Kier molecular flexibility index (Phi) is 49.9. The summed E-state index contributed by atoms with van der Waals surface area (Å²) in [5, 5.41) is 31.5. The van der Waals surface area contributed by atoms with Crippen molar-refractivity contribution in [2.45, 2.75) is 289 Å². The van der Waals surface area contributed by atoms with Crippen LogP contribution in [-0.4, -0.2) is 89.2 Å². The zero-order valence-corrected chi connectivity index (χ0v) is 49.6. The molecule has 6 atom stereocenters. The van der Waals surface area contributed by atoms with E-state index in [0.29, 0.717) is 19.3 Å². The number of aliphatic carboxylic acids is 1. The van der Waals surface area contributed by atoms with E-state index in [9.17, 15) is 34.5 Å². The molecule has 12 nitrogen and oxygen atoms in total. The van der Waals surface area contributed by atoms with Crippen molar-refractivity contribution in [2.24, 2.45) is 0 Å². The number of unbranched alkanes of at least 4 members (excludes halogenated alkanes) is 22. The number of carboxylic acid groups (broad SMARTS) is 1. The Hall–Kier alpha value is -4.36. The first kappa shape index (κ1) is 72.7. The van der Waals surface area contributed by atoms with E-state index in [1.54, 1.807) is 0 Å². The molecular formula is C67H110O12. The van der Waals surface area contributed by atoms with E-state index < -0.39 is 67.3 Å². The highest BCUT2D eigenvalue weighted by Gasteiger charge is 2.50. The minimum absolute atomic E-state index is 0.0530. The normalized spacial score (nSPS) is 18.5. The fourth-order valence-corrected chi connectivity index (χ4v) is 8.94. The fourth-order valence-electron chi connectivity index (χ4n) is 8.94. The van der Waals surface area contributed by atoms with E-state index in [1.165, 1.54) is 77.0 Å². The first-order valence-corrected chi connectivity index (χ1v) is 31.2. The summed E-state index contributed by atoms with van der Waals surface area (Å²) in [5.41, 5.74) is 0. The van der Waals surface area contributed by atoms with Crippen molar-refractivity contribution in [1.82, 2.24) is 0 Å². The number of carboxylic acids is 1. The average molecular weight is 1110 g/mol. The molecule has 0 radical (unpaired) electrons. The lowest BCUT2D eigenvalue weighted by atomic mass is 9.98. The molecule has 1 heterocycles. The van der Waals surface area contributed by atoms with Crippen LogP contribution in [0.2, 0.25) is 0 Å². The van der Waals surface area contributed by atoms with E-state index in [1.807, 2.05) is 0 Å². The summed E-state index contributed by atoms with van der Waals surface area (Å²) in [6.45, 7) is 5.72. The molecule has 3 N–H and O–H groups in total. The molecule has 0 amide bonds. The Bertz CT molecular complexity index is 1740. The van der Waals surface area contributed by atoms with Gasteiger partial charge in [0.2, 0.25) is 0 Å². The third-order valence-electron chi connectivity index (χ3n) is 13.7. The van der Waals surface area contributed by atoms with Crippen molar-refractivity contribution in [3.8, 4) is 0 Å². The second-order valence-corrected chi connectivity index (χ2v) is 20.9. The molecular weight excluding hydrogens is 997 g/mol. The number of hydrogen-bond acceptors (Lipinski definition) is 11. The van der Waals surface area contributed by atoms with Gasteiger partial charge in [0, 0.05) is 19.3 Å². The van der Waals surface area contributed by atoms with E-state index in [-0.39, 0.29) is 25.9 Å². The van der Waals surface area contributed by atoms with E-state index in [4.69, 9.17) is 23.7 Å². The summed E-state index contributed by atoms with van der Waals surface area (Å²) in [5.74, 6) is -3.20. The van der Waals surface area contributed by atoms with Gasteiger partial charge in [-0.1, -0.05) is 234 Å². The van der Waals surface area contributed by atoms with Gasteiger partial charge in [-0.25, -0.2) is 4.79 Å². The summed E-state index contributed by atoms with van der Waals surface area (Å²) < 4.78 is 28.4. The first-order valence-electron chi connectivity index (χ1n) is 31.2. The van der Waals surface area contributed by atoms with Crippen molar-refractivity contribution >= 4 is 23.9 Å². The number of carbonyl (C=O) groups is 4. The van der Waals surface area contributed by atoms with Crippen LogP contribution in [0.4, 0.5) is 0 Å². The van der Waals surface area contributed by atoms with Crippen molar-refractivity contribution in [1.29, 1.82) is 0 Å². The maximum Gasteiger partial charge on any atom is 0.335 e. The van der Waals surface area contributed by atoms with Crippen LogP contribution in [0.25, 0.3) is 0 Å². The van der Waals surface area contributed by atoms with Crippen molar-refractivity contribution in [2.75, 3.05) is 13.2 Å². The van der Waals surface area contributed by atoms with Gasteiger partial charge in [-0.05, 0) is 96.3 Å². The van der Waals surface area contributed by atoms with Crippen LogP contribution < -0.4 is 0 Å². The zero-order chi connectivity index (χ0) is 57.5. The molecule has 0 saturated carbocycles. The zero-order valence-electron chi connectivity index (χ0n) is 49.6. The van der Waals surface area contributed by atoms with E-state index in [0.717, 1.165) is 116 Å². The van der Waals surface area contributed by atoms with Gasteiger partial charge < -0.3 is 39.0 Å². The predicted octanol–water partition coefficient (Wildman–Crippen LogP) is 16.5. The molecule has 6 unspecified atom stereocenters. The molecule has 0 bridgehead atoms. The molecule has 0 aromatic heterocycles. The lowest BCUT2D eigenvalue weighted by molar-refractivity contribution is -0.301. The van der Waals surface area contributed by atoms with Crippen LogP contribution in [-0.2, 0) is 42.9 Å². The standard InChI is InChI=1S/C67H110O12/c1-4-7-10-13-16-19-22-25-27-29-30-32-33-36-38-41-44-47-50-53-59(68)75-56-58(77-60(69)54-51-48-45-42-39-35-24-21-18-15-12-9-6-3)57-76-67-65(63(72)62(71)64(79-67)66(73)74)78-61(70)55-52-49-46-43-40-37-34-31-28-26-23-20-17-14-11-8-5-2/h7,9-10,12,16,18-19,21,25,27,30,32,35-36,38-39,58,62-65,67,71-72H,4-6,8,11,13-15,17,20,22-24,26,28-29,31,33-34,37,40-57H2,1-3H3,(H,73,74)/b10-7-,12-9-,19-16-,21-18-,27-25-,32-30-,38-36-,39-35-. The molecule has 0 spiro atoms. The summed E-state index contributed by atoms with van der Waals surface area (Å²) in [4.78, 5) is 51.2. The minimum atomic E-state index is -1.91. The van der Waals surface area contributed by atoms with Gasteiger partial charge in [-0.3, -0.25) is 14.4 Å². The molecule has 0 aromatic carbocycles. The summed E-state index contributed by atoms with van der Waals surface area (Å²) in [7, 11) is 0. The van der Waals surface area contributed by atoms with Gasteiger partial charge in [0.25, 0.3) is 0 Å². The Morgan fingerprint density at radius 3 is 1.22 bits per heavy atom. The van der Waals surface area contributed by atoms with E-state index in [2.05, 4.69) is 118 Å². The van der Waals surface area contributed by atoms with Gasteiger partial charge in [-0.15, -0.1) is 0 Å². The SMILES string of the molecule is CC/C=C\C/C=C\C/C=C\C/C=C\C/C=C\CCCCCC(=O)OCC(COC1OC(C(=O)O)C(O)C(O)C1OC(=O)CCCCCCCCCCCCCCCCCCC)OC(=O)CCCCC/C=C\C/C=C\C/C=C\CC. The Morgan fingerprint density at radius 1 is 0.430 bits per heavy atom. The number of esters is 3. The highest BCUT2D eigenvalue weighted by molar-refractivity contribution is 5.74. The minimum Gasteiger partial charge on any atom is -0.479 e. The summed E-state index contributed by atoms with van der Waals surface area (Å²) in [6, 6.07) is 0. The number of rotatable bonds is 52. The Balaban J connectivity index is 2.69. The molecule has 1 saturated heterocycles. The second kappa shape index (κ2) is 54.2. The van der Waals surface area contributed by atoms with Crippen LogP contribution in [0.3, 0.4) is 0 Å². The van der Waals surface area contributed by atoms with Crippen LogP contribution in [0.1, 0.15) is 252 Å². The molecule has 0 aliphatic carbocycles. The summed E-state index contributed by atoms with van der Waals surface area (Å²) >= 11 is 0. The largest absolute Gasteiger partial charge is 0.479 e. The molecule has 12 heteroatoms.